The predicted octanol–water partition coefficient (Wildman–Crippen LogP) is 2.43. The molecule has 0 aromatic carbocycles. The molecule has 18 heavy (non-hydrogen) atoms. The van der Waals surface area contributed by atoms with Gasteiger partial charge in [0.05, 0.1) is 5.88 Å². The normalized spacial score (nSPS) is 22.0. The number of carboxylic acid groups (broad SMARTS) is 1. The molecule has 1 saturated heterocycles. The van der Waals surface area contributed by atoms with Gasteiger partial charge in [-0.25, -0.2) is 4.79 Å². The van der Waals surface area contributed by atoms with Crippen molar-refractivity contribution in [3.05, 3.63) is 0 Å². The fourth-order valence-corrected chi connectivity index (χ4v) is 3.60. The minimum Gasteiger partial charge on any atom is -0.480 e. The maximum absolute atomic E-state index is 12.1. The van der Waals surface area contributed by atoms with Crippen LogP contribution in [0.4, 0.5) is 0 Å². The lowest BCUT2D eigenvalue weighted by molar-refractivity contribution is -0.148. The van der Waals surface area contributed by atoms with E-state index in [2.05, 4.69) is 27.7 Å². The molecule has 2 unspecified atom stereocenters. The first-order valence-corrected chi connectivity index (χ1v) is 7.46. The van der Waals surface area contributed by atoms with E-state index in [0.717, 1.165) is 6.42 Å². The van der Waals surface area contributed by atoms with Crippen LogP contribution in [0.15, 0.2) is 0 Å². The molecule has 1 rings (SSSR count). The fourth-order valence-electron chi connectivity index (χ4n) is 2.43. The van der Waals surface area contributed by atoms with Crippen LogP contribution in [-0.2, 0) is 9.59 Å². The molecule has 1 heterocycles. The maximum Gasteiger partial charge on any atom is 0.327 e. The van der Waals surface area contributed by atoms with Crippen molar-refractivity contribution in [2.24, 2.45) is 11.3 Å². The van der Waals surface area contributed by atoms with Crippen molar-refractivity contribution in [3.8, 4) is 0 Å². The Balaban J connectivity index is 2.52. The van der Waals surface area contributed by atoms with E-state index in [1.807, 2.05) is 0 Å². The van der Waals surface area contributed by atoms with Gasteiger partial charge in [-0.15, -0.1) is 11.8 Å². The smallest absolute Gasteiger partial charge is 0.327 e. The van der Waals surface area contributed by atoms with Gasteiger partial charge in [0.25, 0.3) is 0 Å². The summed E-state index contributed by atoms with van der Waals surface area (Å²) in [7, 11) is 0. The number of rotatable bonds is 4. The zero-order valence-corrected chi connectivity index (χ0v) is 12.4. The van der Waals surface area contributed by atoms with Crippen LogP contribution in [0, 0.1) is 11.3 Å². The molecule has 0 aliphatic carbocycles. The van der Waals surface area contributed by atoms with E-state index < -0.39 is 12.0 Å². The summed E-state index contributed by atoms with van der Waals surface area (Å²) in [4.78, 5) is 24.6. The van der Waals surface area contributed by atoms with Crippen LogP contribution in [0.3, 0.4) is 0 Å². The van der Waals surface area contributed by atoms with Gasteiger partial charge in [-0.1, -0.05) is 27.7 Å². The SMILES string of the molecule is CC(CC(=O)N1CSCC1C(=O)O)CC(C)(C)C. The van der Waals surface area contributed by atoms with Crippen molar-refractivity contribution in [1.29, 1.82) is 0 Å². The summed E-state index contributed by atoms with van der Waals surface area (Å²) in [5.41, 5.74) is 0.200. The van der Waals surface area contributed by atoms with Gasteiger partial charge in [0.1, 0.15) is 6.04 Å². The molecule has 1 aliphatic rings. The van der Waals surface area contributed by atoms with Crippen LogP contribution in [0.25, 0.3) is 0 Å². The minimum atomic E-state index is -0.892. The number of hydrogen-bond acceptors (Lipinski definition) is 3. The molecule has 1 fully saturated rings. The Kier molecular flexibility index (Phi) is 5.08. The molecule has 0 aromatic rings. The first kappa shape index (κ1) is 15.3. The van der Waals surface area contributed by atoms with Crippen LogP contribution >= 0.6 is 11.8 Å². The van der Waals surface area contributed by atoms with Gasteiger partial charge in [0.2, 0.25) is 5.91 Å². The van der Waals surface area contributed by atoms with E-state index in [1.165, 1.54) is 16.7 Å². The van der Waals surface area contributed by atoms with Gasteiger partial charge in [-0.05, 0) is 17.8 Å². The zero-order valence-electron chi connectivity index (χ0n) is 11.6. The second-order valence-corrected chi connectivity index (χ2v) is 7.29. The van der Waals surface area contributed by atoms with Crippen molar-refractivity contribution in [2.45, 2.75) is 46.6 Å². The highest BCUT2D eigenvalue weighted by molar-refractivity contribution is 7.99. The van der Waals surface area contributed by atoms with Crippen LogP contribution in [-0.4, -0.2) is 39.6 Å². The van der Waals surface area contributed by atoms with E-state index in [4.69, 9.17) is 5.11 Å². The summed E-state index contributed by atoms with van der Waals surface area (Å²) < 4.78 is 0. The second-order valence-electron chi connectivity index (χ2n) is 6.29. The van der Waals surface area contributed by atoms with Crippen molar-refractivity contribution in [3.63, 3.8) is 0 Å². The molecular weight excluding hydrogens is 250 g/mol. The Hall–Kier alpha value is -0.710. The second kappa shape index (κ2) is 5.95. The molecule has 1 aliphatic heterocycles. The van der Waals surface area contributed by atoms with Crippen LogP contribution in [0.2, 0.25) is 0 Å². The summed E-state index contributed by atoms with van der Waals surface area (Å²) in [5.74, 6) is 0.394. The molecule has 0 saturated carbocycles. The first-order valence-electron chi connectivity index (χ1n) is 6.31. The number of carboxylic acids is 1. The van der Waals surface area contributed by atoms with Crippen molar-refractivity contribution in [2.75, 3.05) is 11.6 Å². The van der Waals surface area contributed by atoms with Crippen LogP contribution in [0.1, 0.15) is 40.5 Å². The van der Waals surface area contributed by atoms with Crippen LogP contribution < -0.4 is 0 Å². The van der Waals surface area contributed by atoms with Gasteiger partial charge in [0, 0.05) is 12.2 Å². The van der Waals surface area contributed by atoms with E-state index in [1.54, 1.807) is 0 Å². The molecule has 0 bridgehead atoms. The summed E-state index contributed by atoms with van der Waals surface area (Å²) in [6, 6.07) is -0.635. The molecule has 0 aromatic heterocycles. The number of amides is 1. The average Bonchev–Trinajstić information content (AvgIpc) is 2.61. The molecule has 0 radical (unpaired) electrons. The molecule has 1 N–H and O–H groups in total. The summed E-state index contributed by atoms with van der Waals surface area (Å²) in [6.07, 6.45) is 1.42. The Bertz CT molecular complexity index is 325. The standard InChI is InChI=1S/C13H23NO3S/c1-9(6-13(2,3)4)5-11(15)14-8-18-7-10(14)12(16)17/h9-10H,5-8H2,1-4H3,(H,16,17). The van der Waals surface area contributed by atoms with E-state index >= 15 is 0 Å². The van der Waals surface area contributed by atoms with E-state index in [-0.39, 0.29) is 17.2 Å². The summed E-state index contributed by atoms with van der Waals surface area (Å²) >= 11 is 1.51. The fraction of sp³-hybridized carbons (Fsp3) is 0.846. The summed E-state index contributed by atoms with van der Waals surface area (Å²) in [6.45, 7) is 8.52. The lowest BCUT2D eigenvalue weighted by Gasteiger charge is -2.26. The number of nitrogens with zero attached hydrogens (tertiary/aromatic N) is 1. The monoisotopic (exact) mass is 273 g/mol. The van der Waals surface area contributed by atoms with Crippen molar-refractivity contribution < 1.29 is 14.7 Å². The maximum atomic E-state index is 12.1. The van der Waals surface area contributed by atoms with E-state index in [0.29, 0.717) is 18.1 Å². The molecule has 5 heteroatoms. The Morgan fingerprint density at radius 1 is 1.44 bits per heavy atom. The van der Waals surface area contributed by atoms with Crippen molar-refractivity contribution in [1.82, 2.24) is 4.90 Å². The highest BCUT2D eigenvalue weighted by Crippen LogP contribution is 2.28. The first-order chi connectivity index (χ1) is 8.20. The van der Waals surface area contributed by atoms with Crippen molar-refractivity contribution >= 4 is 23.6 Å². The highest BCUT2D eigenvalue weighted by atomic mass is 32.2. The summed E-state index contributed by atoms with van der Waals surface area (Å²) in [5, 5.41) is 9.05. The van der Waals surface area contributed by atoms with Gasteiger partial charge in [-0.2, -0.15) is 0 Å². The van der Waals surface area contributed by atoms with Gasteiger partial charge in [-0.3, -0.25) is 4.79 Å². The molecule has 4 nitrogen and oxygen atoms in total. The topological polar surface area (TPSA) is 57.6 Å². The molecule has 1 amide bonds. The van der Waals surface area contributed by atoms with Gasteiger partial charge in [0.15, 0.2) is 0 Å². The molecular formula is C13H23NO3S. The quantitative estimate of drug-likeness (QED) is 0.854. The Morgan fingerprint density at radius 3 is 2.56 bits per heavy atom. The average molecular weight is 273 g/mol. The van der Waals surface area contributed by atoms with Crippen LogP contribution in [0.5, 0.6) is 0 Å². The molecule has 104 valence electrons. The number of carbonyl (C=O) groups is 2. The highest BCUT2D eigenvalue weighted by Gasteiger charge is 2.34. The zero-order chi connectivity index (χ0) is 13.9. The number of aliphatic carboxylic acids is 1. The lowest BCUT2D eigenvalue weighted by atomic mass is 9.84. The minimum absolute atomic E-state index is 0.0239. The van der Waals surface area contributed by atoms with Gasteiger partial charge >= 0.3 is 5.97 Å². The molecule has 2 atom stereocenters. The lowest BCUT2D eigenvalue weighted by Crippen LogP contribution is -2.42. The van der Waals surface area contributed by atoms with Gasteiger partial charge < -0.3 is 10.0 Å². The number of carbonyl (C=O) groups excluding carboxylic acids is 1. The number of hydrogen-bond donors (Lipinski definition) is 1. The third-order valence-electron chi connectivity index (χ3n) is 2.97. The van der Waals surface area contributed by atoms with E-state index in [9.17, 15) is 9.59 Å². The molecule has 0 spiro atoms. The number of thioether (sulfide) groups is 1. The largest absolute Gasteiger partial charge is 0.480 e. The third-order valence-corrected chi connectivity index (χ3v) is 3.98. The Labute approximate surface area is 113 Å². The Morgan fingerprint density at radius 2 is 2.06 bits per heavy atom. The predicted molar refractivity (Wildman–Crippen MR) is 73.4 cm³/mol. The third kappa shape index (κ3) is 4.52.